The van der Waals surface area contributed by atoms with Crippen LogP contribution in [-0.2, 0) is 6.54 Å². The molecule has 0 aliphatic carbocycles. The van der Waals surface area contributed by atoms with Crippen molar-refractivity contribution in [1.29, 1.82) is 0 Å². The van der Waals surface area contributed by atoms with Crippen molar-refractivity contribution in [3.8, 4) is 17.1 Å². The van der Waals surface area contributed by atoms with Crippen LogP contribution in [0.4, 0.5) is 0 Å². The highest BCUT2D eigenvalue weighted by molar-refractivity contribution is 5.94. The Morgan fingerprint density at radius 2 is 2.09 bits per heavy atom. The van der Waals surface area contributed by atoms with Gasteiger partial charge in [0.25, 0.3) is 5.91 Å². The number of aromatic amines is 1. The van der Waals surface area contributed by atoms with E-state index in [9.17, 15) is 4.79 Å². The molecule has 116 valence electrons. The normalized spacial score (nSPS) is 10.3. The molecule has 0 saturated heterocycles. The fraction of sp³-hybridized carbons (Fsp3) is 0.125. The van der Waals surface area contributed by atoms with Crippen molar-refractivity contribution in [2.75, 3.05) is 7.11 Å². The molecule has 3 rings (SSSR count). The van der Waals surface area contributed by atoms with Gasteiger partial charge in [-0.1, -0.05) is 0 Å². The molecule has 0 aliphatic heterocycles. The molecule has 0 bridgehead atoms. The zero-order valence-corrected chi connectivity index (χ0v) is 12.5. The first-order chi connectivity index (χ1) is 11.3. The number of pyridine rings is 1. The predicted octanol–water partition coefficient (Wildman–Crippen LogP) is 1.81. The number of carbonyl (C=O) groups excluding carboxylic acids is 1. The van der Waals surface area contributed by atoms with Crippen LogP contribution < -0.4 is 10.1 Å². The Kier molecular flexibility index (Phi) is 4.28. The van der Waals surface area contributed by atoms with Crippen LogP contribution in [0.3, 0.4) is 0 Å². The highest BCUT2D eigenvalue weighted by Gasteiger charge is 2.09. The van der Waals surface area contributed by atoms with Crippen LogP contribution in [0.2, 0.25) is 0 Å². The van der Waals surface area contributed by atoms with E-state index in [1.807, 2.05) is 12.1 Å². The summed E-state index contributed by atoms with van der Waals surface area (Å²) in [5.41, 5.74) is 1.37. The summed E-state index contributed by atoms with van der Waals surface area (Å²) in [7, 11) is 1.58. The zero-order valence-electron chi connectivity index (χ0n) is 12.5. The van der Waals surface area contributed by atoms with E-state index in [-0.39, 0.29) is 12.5 Å². The molecule has 0 unspecified atom stereocenters. The van der Waals surface area contributed by atoms with Crippen molar-refractivity contribution in [1.82, 2.24) is 25.5 Å². The largest absolute Gasteiger partial charge is 0.497 e. The van der Waals surface area contributed by atoms with Crippen LogP contribution in [0.25, 0.3) is 11.4 Å². The summed E-state index contributed by atoms with van der Waals surface area (Å²) in [5.74, 6) is 1.64. The lowest BCUT2D eigenvalue weighted by Gasteiger charge is -2.04. The molecule has 2 aromatic heterocycles. The molecule has 1 amide bonds. The Labute approximate surface area is 132 Å². The topological polar surface area (TPSA) is 92.8 Å². The SMILES string of the molecule is COc1ccc(C(=O)NCc2nc(-c3cccnc3)n[nH]2)cc1. The van der Waals surface area contributed by atoms with Gasteiger partial charge in [0.2, 0.25) is 0 Å². The predicted molar refractivity (Wildman–Crippen MR) is 83.8 cm³/mol. The Bertz CT molecular complexity index is 784. The molecule has 3 aromatic rings. The fourth-order valence-electron chi connectivity index (χ4n) is 2.01. The smallest absolute Gasteiger partial charge is 0.251 e. The standard InChI is InChI=1S/C16H15N5O2/c1-23-13-6-4-11(5-7-13)16(22)18-10-14-19-15(21-20-14)12-3-2-8-17-9-12/h2-9H,10H2,1H3,(H,18,22)(H,19,20,21). The van der Waals surface area contributed by atoms with Crippen LogP contribution in [0.5, 0.6) is 5.75 Å². The van der Waals surface area contributed by atoms with Crippen LogP contribution in [0.1, 0.15) is 16.2 Å². The van der Waals surface area contributed by atoms with Gasteiger partial charge in [0, 0.05) is 23.5 Å². The Morgan fingerprint density at radius 3 is 2.78 bits per heavy atom. The molecule has 23 heavy (non-hydrogen) atoms. The first-order valence-corrected chi connectivity index (χ1v) is 7.00. The minimum Gasteiger partial charge on any atom is -0.497 e. The molecular weight excluding hydrogens is 294 g/mol. The third kappa shape index (κ3) is 3.52. The van der Waals surface area contributed by atoms with Crippen molar-refractivity contribution >= 4 is 5.91 Å². The molecule has 7 heteroatoms. The van der Waals surface area contributed by atoms with Gasteiger partial charge >= 0.3 is 0 Å². The van der Waals surface area contributed by atoms with E-state index in [1.165, 1.54) is 0 Å². The lowest BCUT2D eigenvalue weighted by molar-refractivity contribution is 0.0950. The summed E-state index contributed by atoms with van der Waals surface area (Å²) >= 11 is 0. The minimum absolute atomic E-state index is 0.188. The van der Waals surface area contributed by atoms with Crippen molar-refractivity contribution in [2.45, 2.75) is 6.54 Å². The van der Waals surface area contributed by atoms with Gasteiger partial charge in [0.1, 0.15) is 11.6 Å². The quantitative estimate of drug-likeness (QED) is 0.749. The number of nitrogens with one attached hydrogen (secondary N) is 2. The summed E-state index contributed by atoms with van der Waals surface area (Å²) in [6.07, 6.45) is 3.37. The fourth-order valence-corrected chi connectivity index (χ4v) is 2.01. The van der Waals surface area contributed by atoms with Gasteiger partial charge < -0.3 is 10.1 Å². The average Bonchev–Trinajstić information content (AvgIpc) is 3.09. The summed E-state index contributed by atoms with van der Waals surface area (Å²) < 4.78 is 5.06. The number of carbonyl (C=O) groups is 1. The maximum Gasteiger partial charge on any atom is 0.251 e. The number of H-pyrrole nitrogens is 1. The van der Waals surface area contributed by atoms with Gasteiger partial charge in [-0.3, -0.25) is 14.9 Å². The van der Waals surface area contributed by atoms with Crippen LogP contribution in [-0.4, -0.2) is 33.2 Å². The van der Waals surface area contributed by atoms with Gasteiger partial charge in [-0.15, -0.1) is 0 Å². The molecule has 0 radical (unpaired) electrons. The van der Waals surface area contributed by atoms with Crippen molar-refractivity contribution in [3.63, 3.8) is 0 Å². The van der Waals surface area contributed by atoms with E-state index in [1.54, 1.807) is 43.8 Å². The molecule has 0 aliphatic rings. The van der Waals surface area contributed by atoms with Crippen molar-refractivity contribution < 1.29 is 9.53 Å². The number of benzene rings is 1. The molecule has 2 N–H and O–H groups in total. The molecule has 2 heterocycles. The Morgan fingerprint density at radius 1 is 1.26 bits per heavy atom. The number of aromatic nitrogens is 4. The lowest BCUT2D eigenvalue weighted by atomic mass is 10.2. The first-order valence-electron chi connectivity index (χ1n) is 7.00. The highest BCUT2D eigenvalue weighted by Crippen LogP contribution is 2.13. The molecule has 0 spiro atoms. The summed E-state index contributed by atoms with van der Waals surface area (Å²) in [5, 5.41) is 9.71. The molecule has 0 fully saturated rings. The molecule has 7 nitrogen and oxygen atoms in total. The number of hydrogen-bond donors (Lipinski definition) is 2. The molecule has 1 aromatic carbocycles. The Balaban J connectivity index is 1.62. The second-order valence-electron chi connectivity index (χ2n) is 4.76. The summed E-state index contributed by atoms with van der Waals surface area (Å²) in [6.45, 7) is 0.262. The van der Waals surface area contributed by atoms with Crippen LogP contribution in [0.15, 0.2) is 48.8 Å². The van der Waals surface area contributed by atoms with E-state index < -0.39 is 0 Å². The van der Waals surface area contributed by atoms with E-state index in [0.29, 0.717) is 23.0 Å². The molecular formula is C16H15N5O2. The maximum absolute atomic E-state index is 12.1. The second-order valence-corrected chi connectivity index (χ2v) is 4.76. The van der Waals surface area contributed by atoms with E-state index >= 15 is 0 Å². The summed E-state index contributed by atoms with van der Waals surface area (Å²) in [6, 6.07) is 10.6. The van der Waals surface area contributed by atoms with Crippen molar-refractivity contribution in [3.05, 3.63) is 60.2 Å². The molecule has 0 atom stereocenters. The van der Waals surface area contributed by atoms with Crippen LogP contribution in [0, 0.1) is 0 Å². The maximum atomic E-state index is 12.1. The Hall–Kier alpha value is -3.22. The van der Waals surface area contributed by atoms with Crippen molar-refractivity contribution in [2.24, 2.45) is 0 Å². The average molecular weight is 309 g/mol. The van der Waals surface area contributed by atoms with Gasteiger partial charge in [-0.25, -0.2) is 4.98 Å². The first kappa shape index (κ1) is 14.7. The number of rotatable bonds is 5. The zero-order chi connectivity index (χ0) is 16.1. The third-order valence-electron chi connectivity index (χ3n) is 3.22. The molecule has 0 saturated carbocycles. The number of methoxy groups -OCH3 is 1. The third-order valence-corrected chi connectivity index (χ3v) is 3.22. The van der Waals surface area contributed by atoms with Crippen LogP contribution >= 0.6 is 0 Å². The monoisotopic (exact) mass is 309 g/mol. The van der Waals surface area contributed by atoms with E-state index in [4.69, 9.17) is 4.74 Å². The number of hydrogen-bond acceptors (Lipinski definition) is 5. The number of nitrogens with zero attached hydrogens (tertiary/aromatic N) is 3. The van der Waals surface area contributed by atoms with Gasteiger partial charge in [0.05, 0.1) is 13.7 Å². The number of ether oxygens (including phenoxy) is 1. The van der Waals surface area contributed by atoms with E-state index in [0.717, 1.165) is 5.56 Å². The minimum atomic E-state index is -0.188. The van der Waals surface area contributed by atoms with E-state index in [2.05, 4.69) is 25.5 Å². The summed E-state index contributed by atoms with van der Waals surface area (Å²) in [4.78, 5) is 20.4. The second kappa shape index (κ2) is 6.69. The van der Waals surface area contributed by atoms with Gasteiger partial charge in [0.15, 0.2) is 5.82 Å². The highest BCUT2D eigenvalue weighted by atomic mass is 16.5. The van der Waals surface area contributed by atoms with Gasteiger partial charge in [-0.2, -0.15) is 5.10 Å². The number of amides is 1. The lowest BCUT2D eigenvalue weighted by Crippen LogP contribution is -2.23. The van der Waals surface area contributed by atoms with Gasteiger partial charge in [-0.05, 0) is 36.4 Å².